The first-order valence-electron chi connectivity index (χ1n) is 12.5. The molecule has 5 rings (SSSR count). The molecule has 0 radical (unpaired) electrons. The molecule has 3 heterocycles. The number of pyridine rings is 1. The summed E-state index contributed by atoms with van der Waals surface area (Å²) in [7, 11) is 1.56. The molecule has 42 heavy (non-hydrogen) atoms. The van der Waals surface area contributed by atoms with Crippen molar-refractivity contribution in [3.05, 3.63) is 95.7 Å². The highest BCUT2D eigenvalue weighted by atomic mass is 19.2. The fourth-order valence-electron chi connectivity index (χ4n) is 4.67. The van der Waals surface area contributed by atoms with Gasteiger partial charge in [0, 0.05) is 48.4 Å². The number of rotatable bonds is 7. The molecule has 9 nitrogen and oxygen atoms in total. The quantitative estimate of drug-likeness (QED) is 0.248. The van der Waals surface area contributed by atoms with E-state index in [9.17, 15) is 10.1 Å². The summed E-state index contributed by atoms with van der Waals surface area (Å²) in [6.45, 7) is 5.10. The van der Waals surface area contributed by atoms with Crippen LogP contribution >= 0.6 is 0 Å². The van der Waals surface area contributed by atoms with E-state index in [0.717, 1.165) is 6.08 Å². The van der Waals surface area contributed by atoms with E-state index < -0.39 is 29.1 Å². The Morgan fingerprint density at radius 1 is 1.17 bits per heavy atom. The lowest BCUT2D eigenvalue weighted by molar-refractivity contribution is -0.116. The largest absolute Gasteiger partial charge is 0.421 e. The topological polar surface area (TPSA) is 132 Å². The Balaban J connectivity index is 1.73. The van der Waals surface area contributed by atoms with Crippen LogP contribution in [0.2, 0.25) is 0 Å². The van der Waals surface area contributed by atoms with Gasteiger partial charge < -0.3 is 20.4 Å². The third kappa shape index (κ3) is 4.88. The predicted molar refractivity (Wildman–Crippen MR) is 149 cm³/mol. The summed E-state index contributed by atoms with van der Waals surface area (Å²) in [5.41, 5.74) is 7.47. The standard InChI is InChI=1S/C30H22F3N7O2/c1-4-22(41)37-13-16-5-6-18(20(31)11-16)28-23(24-27(40(28)3)17(12-34)14-38-29(24)35)19-7-8-21(26(33)25(19)32)42-30-36-10-9-15(2)39-30/h4-11,14H,1,13H2,2-3H3,(H2,35,38)(H,37,41). The maximum Gasteiger partial charge on any atom is 0.322 e. The molecular weight excluding hydrogens is 547 g/mol. The van der Waals surface area contributed by atoms with Gasteiger partial charge in [0.2, 0.25) is 11.7 Å². The minimum Gasteiger partial charge on any atom is -0.421 e. The fourth-order valence-corrected chi connectivity index (χ4v) is 4.67. The fraction of sp³-hybridized carbons (Fsp3) is 0.100. The molecule has 0 fully saturated rings. The summed E-state index contributed by atoms with van der Waals surface area (Å²) in [4.78, 5) is 23.6. The monoisotopic (exact) mass is 569 g/mol. The van der Waals surface area contributed by atoms with E-state index in [2.05, 4.69) is 26.8 Å². The Kier molecular flexibility index (Phi) is 7.33. The van der Waals surface area contributed by atoms with Crippen molar-refractivity contribution in [2.45, 2.75) is 13.5 Å². The van der Waals surface area contributed by atoms with Gasteiger partial charge >= 0.3 is 6.01 Å². The maximum absolute atomic E-state index is 15.9. The summed E-state index contributed by atoms with van der Waals surface area (Å²) >= 11 is 0. The van der Waals surface area contributed by atoms with Gasteiger partial charge in [-0.1, -0.05) is 12.6 Å². The molecule has 0 atom stereocenters. The van der Waals surface area contributed by atoms with E-state index in [0.29, 0.717) is 11.3 Å². The average molecular weight is 570 g/mol. The van der Waals surface area contributed by atoms with Crippen LogP contribution in [0.15, 0.2) is 61.4 Å². The lowest BCUT2D eigenvalue weighted by Crippen LogP contribution is -2.20. The second kappa shape index (κ2) is 11.1. The number of fused-ring (bicyclic) bond motifs is 1. The first-order chi connectivity index (χ1) is 20.1. The third-order valence-corrected chi connectivity index (χ3v) is 6.59. The predicted octanol–water partition coefficient (Wildman–Crippen LogP) is 5.47. The minimum atomic E-state index is -1.34. The number of hydrogen-bond donors (Lipinski definition) is 2. The van der Waals surface area contributed by atoms with Gasteiger partial charge in [-0.15, -0.1) is 0 Å². The van der Waals surface area contributed by atoms with Gasteiger partial charge in [-0.25, -0.2) is 23.7 Å². The molecule has 2 aromatic carbocycles. The first kappa shape index (κ1) is 27.9. The van der Waals surface area contributed by atoms with Crippen molar-refractivity contribution < 1.29 is 22.7 Å². The van der Waals surface area contributed by atoms with E-state index in [4.69, 9.17) is 10.5 Å². The Morgan fingerprint density at radius 3 is 2.62 bits per heavy atom. The van der Waals surface area contributed by atoms with Gasteiger partial charge in [0.25, 0.3) is 0 Å². The second-order valence-corrected chi connectivity index (χ2v) is 9.23. The number of aryl methyl sites for hydroxylation is 2. The van der Waals surface area contributed by atoms with Crippen molar-refractivity contribution in [3.8, 4) is 40.2 Å². The number of anilines is 1. The summed E-state index contributed by atoms with van der Waals surface area (Å²) in [5, 5.41) is 12.5. The van der Waals surface area contributed by atoms with Gasteiger partial charge in [-0.3, -0.25) is 4.79 Å². The molecule has 0 saturated heterocycles. The number of aromatic nitrogens is 4. The van der Waals surface area contributed by atoms with Crippen LogP contribution in [0.5, 0.6) is 11.8 Å². The molecular formula is C30H22F3N7O2. The van der Waals surface area contributed by atoms with Crippen molar-refractivity contribution in [2.24, 2.45) is 7.05 Å². The van der Waals surface area contributed by atoms with E-state index in [1.54, 1.807) is 26.1 Å². The van der Waals surface area contributed by atoms with Gasteiger partial charge in [0.05, 0.1) is 22.2 Å². The van der Waals surface area contributed by atoms with Crippen molar-refractivity contribution in [1.82, 2.24) is 24.8 Å². The molecule has 0 unspecified atom stereocenters. The first-order valence-corrected chi connectivity index (χ1v) is 12.5. The normalized spacial score (nSPS) is 10.9. The molecule has 0 aliphatic rings. The van der Waals surface area contributed by atoms with E-state index >= 15 is 13.2 Å². The lowest BCUT2D eigenvalue weighted by Gasteiger charge is -2.13. The van der Waals surface area contributed by atoms with Crippen LogP contribution in [0.1, 0.15) is 16.8 Å². The van der Waals surface area contributed by atoms with Gasteiger partial charge in [-0.2, -0.15) is 9.65 Å². The number of hydrogen-bond acceptors (Lipinski definition) is 7. The SMILES string of the molecule is C=CC(=O)NCc1ccc(-c2c(-c3ccc(Oc4nccc(C)n4)c(F)c3F)c3c(N)ncc(C#N)c3n2C)c(F)c1. The molecule has 0 saturated carbocycles. The van der Waals surface area contributed by atoms with Gasteiger partial charge in [0.15, 0.2) is 11.6 Å². The Labute approximate surface area is 237 Å². The zero-order valence-electron chi connectivity index (χ0n) is 22.4. The number of nitrogens with zero attached hydrogens (tertiary/aromatic N) is 5. The summed E-state index contributed by atoms with van der Waals surface area (Å²) < 4.78 is 53.9. The number of carbonyl (C=O) groups is 1. The number of nitrogen functional groups attached to an aromatic ring is 1. The molecule has 0 bridgehead atoms. The molecule has 0 spiro atoms. The Bertz CT molecular complexity index is 1950. The number of nitrogens with one attached hydrogen (secondary N) is 1. The van der Waals surface area contributed by atoms with Crippen LogP contribution < -0.4 is 15.8 Å². The van der Waals surface area contributed by atoms with Crippen molar-refractivity contribution in [1.29, 1.82) is 5.26 Å². The Morgan fingerprint density at radius 2 is 1.93 bits per heavy atom. The summed E-state index contributed by atoms with van der Waals surface area (Å²) in [6.07, 6.45) is 3.76. The van der Waals surface area contributed by atoms with Crippen molar-refractivity contribution >= 4 is 22.6 Å². The Hall–Kier alpha value is -5.70. The van der Waals surface area contributed by atoms with Crippen LogP contribution in [0.3, 0.4) is 0 Å². The number of benzene rings is 2. The number of nitrogens with two attached hydrogens (primary N) is 1. The highest BCUT2D eigenvalue weighted by Gasteiger charge is 2.28. The zero-order chi connectivity index (χ0) is 30.1. The van der Waals surface area contributed by atoms with Crippen LogP contribution in [0.25, 0.3) is 33.3 Å². The van der Waals surface area contributed by atoms with Gasteiger partial charge in [-0.05, 0) is 48.9 Å². The molecule has 5 aromatic rings. The van der Waals surface area contributed by atoms with E-state index in [1.165, 1.54) is 41.2 Å². The molecule has 3 N–H and O–H groups in total. The van der Waals surface area contributed by atoms with E-state index in [1.807, 2.05) is 6.07 Å². The van der Waals surface area contributed by atoms with E-state index in [-0.39, 0.29) is 57.2 Å². The average Bonchev–Trinajstić information content (AvgIpc) is 3.28. The van der Waals surface area contributed by atoms with Crippen molar-refractivity contribution in [3.63, 3.8) is 0 Å². The van der Waals surface area contributed by atoms with Gasteiger partial charge in [0.1, 0.15) is 17.7 Å². The third-order valence-electron chi connectivity index (χ3n) is 6.59. The molecule has 1 amide bonds. The van der Waals surface area contributed by atoms with Crippen LogP contribution in [-0.2, 0) is 18.4 Å². The van der Waals surface area contributed by atoms with Crippen LogP contribution in [0.4, 0.5) is 19.0 Å². The highest BCUT2D eigenvalue weighted by Crippen LogP contribution is 2.46. The number of ether oxygens (including phenoxy) is 1. The summed E-state index contributed by atoms with van der Waals surface area (Å²) in [5.74, 6) is -4.32. The second-order valence-electron chi connectivity index (χ2n) is 9.23. The molecule has 12 heteroatoms. The molecule has 0 aliphatic heterocycles. The smallest absolute Gasteiger partial charge is 0.322 e. The number of nitriles is 1. The number of halogens is 3. The zero-order valence-corrected chi connectivity index (χ0v) is 22.4. The highest BCUT2D eigenvalue weighted by molar-refractivity contribution is 6.10. The molecule has 3 aromatic heterocycles. The minimum absolute atomic E-state index is 0.0130. The lowest BCUT2D eigenvalue weighted by atomic mass is 9.96. The maximum atomic E-state index is 15.9. The number of carbonyl (C=O) groups excluding carboxylic acids is 1. The van der Waals surface area contributed by atoms with Crippen LogP contribution in [-0.4, -0.2) is 25.4 Å². The molecule has 0 aliphatic carbocycles. The summed E-state index contributed by atoms with van der Waals surface area (Å²) in [6, 6.07) is 10.2. The number of amides is 1. The molecule has 210 valence electrons. The van der Waals surface area contributed by atoms with Crippen molar-refractivity contribution in [2.75, 3.05) is 5.73 Å². The van der Waals surface area contributed by atoms with Crippen LogP contribution in [0, 0.1) is 35.7 Å².